The average Bonchev–Trinajstić information content (AvgIpc) is 1.79. The summed E-state index contributed by atoms with van der Waals surface area (Å²) in [6.45, 7) is 8.01. The molecule has 0 aromatic heterocycles. The number of carbonyl (C=O) groups is 1. The molecule has 3 nitrogen and oxygen atoms in total. The molecule has 1 aliphatic rings. The number of rotatable bonds is 0. The van der Waals surface area contributed by atoms with Gasteiger partial charge in [-0.15, -0.1) is 12.4 Å². The van der Waals surface area contributed by atoms with E-state index in [1.165, 1.54) is 0 Å². The lowest BCUT2D eigenvalue weighted by atomic mass is 9.80. The van der Waals surface area contributed by atoms with Gasteiger partial charge in [0.25, 0.3) is 0 Å². The molecule has 14 heavy (non-hydrogen) atoms. The number of likely N-dealkylation sites (tertiary alicyclic amines) is 1. The third-order valence-corrected chi connectivity index (χ3v) is 2.98. The topological polar surface area (TPSA) is 40.5 Å². The Morgan fingerprint density at radius 2 is 1.50 bits per heavy atom. The van der Waals surface area contributed by atoms with Gasteiger partial charge in [-0.25, -0.2) is 4.79 Å². The molecular weight excluding hydrogens is 202 g/mol. The summed E-state index contributed by atoms with van der Waals surface area (Å²) < 4.78 is 0. The lowest BCUT2D eigenvalue weighted by molar-refractivity contribution is -0.0101. The molecule has 0 atom stereocenters. The van der Waals surface area contributed by atoms with Crippen LogP contribution >= 0.6 is 12.4 Å². The molecule has 1 saturated heterocycles. The molecule has 0 aromatic rings. The predicted octanol–water partition coefficient (Wildman–Crippen LogP) is 3.13. The molecule has 1 heterocycles. The molecule has 0 bridgehead atoms. The highest BCUT2D eigenvalue weighted by Gasteiger charge is 2.44. The van der Waals surface area contributed by atoms with E-state index in [0.717, 1.165) is 19.3 Å². The Hall–Kier alpha value is -0.440. The van der Waals surface area contributed by atoms with Crippen LogP contribution in [-0.4, -0.2) is 27.2 Å². The van der Waals surface area contributed by atoms with E-state index in [4.69, 9.17) is 5.11 Å². The van der Waals surface area contributed by atoms with Crippen molar-refractivity contribution in [3.8, 4) is 0 Å². The van der Waals surface area contributed by atoms with Crippen molar-refractivity contribution in [3.05, 3.63) is 0 Å². The van der Waals surface area contributed by atoms with Crippen molar-refractivity contribution in [3.63, 3.8) is 0 Å². The molecule has 1 rings (SSSR count). The van der Waals surface area contributed by atoms with Crippen LogP contribution < -0.4 is 0 Å². The van der Waals surface area contributed by atoms with Crippen LogP contribution in [0.5, 0.6) is 0 Å². The highest BCUT2D eigenvalue weighted by Crippen LogP contribution is 2.37. The van der Waals surface area contributed by atoms with Gasteiger partial charge in [0.15, 0.2) is 0 Å². The number of hydrogen-bond acceptors (Lipinski definition) is 1. The molecule has 4 heteroatoms. The first-order valence-corrected chi connectivity index (χ1v) is 4.81. The van der Waals surface area contributed by atoms with Crippen molar-refractivity contribution < 1.29 is 9.90 Å². The normalized spacial score (nSPS) is 23.9. The first-order chi connectivity index (χ1) is 5.77. The molecule has 1 fully saturated rings. The molecular formula is C10H20ClNO2. The highest BCUT2D eigenvalue weighted by atomic mass is 35.5. The van der Waals surface area contributed by atoms with Crippen molar-refractivity contribution in [2.45, 2.75) is 58.0 Å². The maximum Gasteiger partial charge on any atom is 0.408 e. The van der Waals surface area contributed by atoms with Gasteiger partial charge in [0, 0.05) is 11.1 Å². The van der Waals surface area contributed by atoms with Crippen LogP contribution in [0.1, 0.15) is 47.0 Å². The van der Waals surface area contributed by atoms with Gasteiger partial charge in [0.2, 0.25) is 0 Å². The fourth-order valence-corrected chi connectivity index (χ4v) is 2.51. The Kier molecular flexibility index (Phi) is 3.85. The third kappa shape index (κ3) is 2.32. The van der Waals surface area contributed by atoms with Gasteiger partial charge in [-0.05, 0) is 47.0 Å². The quantitative estimate of drug-likeness (QED) is 0.683. The van der Waals surface area contributed by atoms with Gasteiger partial charge in [-0.2, -0.15) is 0 Å². The summed E-state index contributed by atoms with van der Waals surface area (Å²) in [5, 5.41) is 9.14. The number of carboxylic acid groups (broad SMARTS) is 1. The SMILES string of the molecule is CC1(C)CCCC(C)(C)N1C(=O)O.Cl. The Morgan fingerprint density at radius 3 is 1.71 bits per heavy atom. The summed E-state index contributed by atoms with van der Waals surface area (Å²) in [5.74, 6) is 0. The Morgan fingerprint density at radius 1 is 1.14 bits per heavy atom. The second-order valence-electron chi connectivity index (χ2n) is 5.10. The van der Waals surface area contributed by atoms with E-state index >= 15 is 0 Å². The Balaban J connectivity index is 0.00000169. The van der Waals surface area contributed by atoms with E-state index < -0.39 is 6.09 Å². The molecule has 0 aliphatic carbocycles. The van der Waals surface area contributed by atoms with E-state index in [2.05, 4.69) is 0 Å². The van der Waals surface area contributed by atoms with Crippen molar-refractivity contribution >= 4 is 18.5 Å². The summed E-state index contributed by atoms with van der Waals surface area (Å²) in [5.41, 5.74) is -0.429. The molecule has 0 aromatic carbocycles. The molecule has 0 unspecified atom stereocenters. The molecule has 1 amide bonds. The van der Waals surface area contributed by atoms with Crippen LogP contribution in [0.25, 0.3) is 0 Å². The summed E-state index contributed by atoms with van der Waals surface area (Å²) in [6.07, 6.45) is 2.24. The van der Waals surface area contributed by atoms with Crippen molar-refractivity contribution in [1.82, 2.24) is 4.90 Å². The first kappa shape index (κ1) is 13.6. The van der Waals surface area contributed by atoms with Gasteiger partial charge < -0.3 is 5.11 Å². The Labute approximate surface area is 91.9 Å². The fraction of sp³-hybridized carbons (Fsp3) is 0.900. The summed E-state index contributed by atoms with van der Waals surface area (Å²) in [4.78, 5) is 12.7. The van der Waals surface area contributed by atoms with Crippen molar-refractivity contribution in [2.24, 2.45) is 0 Å². The minimum absolute atomic E-state index is 0. The van der Waals surface area contributed by atoms with Gasteiger partial charge in [-0.1, -0.05) is 0 Å². The zero-order valence-electron chi connectivity index (χ0n) is 9.33. The zero-order valence-corrected chi connectivity index (χ0v) is 10.1. The highest BCUT2D eigenvalue weighted by molar-refractivity contribution is 5.85. The maximum atomic E-state index is 11.1. The van der Waals surface area contributed by atoms with Crippen LogP contribution in [0, 0.1) is 0 Å². The Bertz CT molecular complexity index is 210. The van der Waals surface area contributed by atoms with Crippen LogP contribution in [0.3, 0.4) is 0 Å². The summed E-state index contributed by atoms with van der Waals surface area (Å²) in [7, 11) is 0. The van der Waals surface area contributed by atoms with Crippen LogP contribution in [0.2, 0.25) is 0 Å². The number of halogens is 1. The van der Waals surface area contributed by atoms with Crippen LogP contribution in [-0.2, 0) is 0 Å². The molecule has 0 saturated carbocycles. The minimum Gasteiger partial charge on any atom is -0.465 e. The predicted molar refractivity (Wildman–Crippen MR) is 59.1 cm³/mol. The smallest absolute Gasteiger partial charge is 0.408 e. The number of nitrogens with zero attached hydrogens (tertiary/aromatic N) is 1. The van der Waals surface area contributed by atoms with Gasteiger partial charge >= 0.3 is 6.09 Å². The maximum absolute atomic E-state index is 11.1. The lowest BCUT2D eigenvalue weighted by Gasteiger charge is -2.51. The molecule has 1 N–H and O–H groups in total. The molecule has 84 valence electrons. The molecule has 1 aliphatic heterocycles. The van der Waals surface area contributed by atoms with Crippen molar-refractivity contribution in [2.75, 3.05) is 0 Å². The van der Waals surface area contributed by atoms with Gasteiger partial charge in [0.05, 0.1) is 0 Å². The lowest BCUT2D eigenvalue weighted by Crippen LogP contribution is -2.60. The molecule has 0 spiro atoms. The largest absolute Gasteiger partial charge is 0.465 e. The average molecular weight is 222 g/mol. The van der Waals surface area contributed by atoms with Gasteiger partial charge in [0.1, 0.15) is 0 Å². The monoisotopic (exact) mass is 221 g/mol. The van der Waals surface area contributed by atoms with E-state index in [9.17, 15) is 4.79 Å². The molecule has 0 radical (unpaired) electrons. The van der Waals surface area contributed by atoms with Crippen molar-refractivity contribution in [1.29, 1.82) is 0 Å². The van der Waals surface area contributed by atoms with E-state index in [1.54, 1.807) is 4.90 Å². The third-order valence-electron chi connectivity index (χ3n) is 2.98. The fourth-order valence-electron chi connectivity index (χ4n) is 2.51. The minimum atomic E-state index is -0.797. The second kappa shape index (κ2) is 3.97. The number of piperidine rings is 1. The standard InChI is InChI=1S/C10H19NO2.ClH/c1-9(2)6-5-7-10(3,4)11(9)8(12)13;/h5-7H2,1-4H3,(H,12,13);1H. The summed E-state index contributed by atoms with van der Waals surface area (Å²) >= 11 is 0. The van der Waals surface area contributed by atoms with E-state index in [0.29, 0.717) is 0 Å². The summed E-state index contributed by atoms with van der Waals surface area (Å²) in [6, 6.07) is 0. The first-order valence-electron chi connectivity index (χ1n) is 4.81. The van der Waals surface area contributed by atoms with Crippen LogP contribution in [0.15, 0.2) is 0 Å². The van der Waals surface area contributed by atoms with Gasteiger partial charge in [-0.3, -0.25) is 4.90 Å². The van der Waals surface area contributed by atoms with E-state index in [-0.39, 0.29) is 23.5 Å². The number of amides is 1. The zero-order chi connectivity index (χ0) is 10.3. The van der Waals surface area contributed by atoms with E-state index in [1.807, 2.05) is 27.7 Å². The van der Waals surface area contributed by atoms with Crippen LogP contribution in [0.4, 0.5) is 4.79 Å². The number of hydrogen-bond donors (Lipinski definition) is 1. The second-order valence-corrected chi connectivity index (χ2v) is 5.10.